The lowest BCUT2D eigenvalue weighted by atomic mass is 9.89. The van der Waals surface area contributed by atoms with Gasteiger partial charge in [0.2, 0.25) is 5.91 Å². The van der Waals surface area contributed by atoms with Gasteiger partial charge in [-0.05, 0) is 48.8 Å². The molecule has 4 fully saturated rings. The summed E-state index contributed by atoms with van der Waals surface area (Å²) in [6, 6.07) is 14.9. The normalized spacial score (nSPS) is 26.6. The van der Waals surface area contributed by atoms with Crippen LogP contribution < -0.4 is 0 Å². The Hall–Kier alpha value is -2.20. The average Bonchev–Trinajstić information content (AvgIpc) is 3.54. The molecule has 4 heterocycles. The molecule has 140 valence electrons. The van der Waals surface area contributed by atoms with E-state index in [1.807, 2.05) is 24.5 Å². The van der Waals surface area contributed by atoms with Gasteiger partial charge < -0.3 is 4.90 Å². The van der Waals surface area contributed by atoms with Crippen molar-refractivity contribution in [2.75, 3.05) is 19.6 Å². The van der Waals surface area contributed by atoms with E-state index in [9.17, 15) is 4.79 Å². The lowest BCUT2D eigenvalue weighted by molar-refractivity contribution is -0.138. The number of hydrogen-bond donors (Lipinski definition) is 0. The van der Waals surface area contributed by atoms with E-state index in [0.717, 1.165) is 45.4 Å². The molecule has 3 aliphatic heterocycles. The molecule has 0 N–H and O–H groups in total. The molecule has 27 heavy (non-hydrogen) atoms. The van der Waals surface area contributed by atoms with Gasteiger partial charge in [-0.1, -0.05) is 36.4 Å². The number of fused-ring (bicyclic) bond motifs is 4. The molecule has 1 aromatic heterocycles. The Morgan fingerprint density at radius 3 is 2.63 bits per heavy atom. The quantitative estimate of drug-likeness (QED) is 0.839. The number of amides is 1. The number of benzene rings is 1. The highest BCUT2D eigenvalue weighted by Gasteiger charge is 2.54. The van der Waals surface area contributed by atoms with Crippen molar-refractivity contribution in [3.05, 3.63) is 66.0 Å². The van der Waals surface area contributed by atoms with Crippen molar-refractivity contribution in [3.8, 4) is 0 Å². The summed E-state index contributed by atoms with van der Waals surface area (Å²) in [5, 5.41) is 0. The number of pyridine rings is 1. The molecule has 0 spiro atoms. The predicted molar refractivity (Wildman–Crippen MR) is 105 cm³/mol. The summed E-state index contributed by atoms with van der Waals surface area (Å²) in [5.41, 5.74) is 2.24. The van der Waals surface area contributed by atoms with Crippen LogP contribution >= 0.6 is 0 Å². The molecule has 1 aliphatic carbocycles. The Morgan fingerprint density at radius 1 is 1.04 bits per heavy atom. The lowest BCUT2D eigenvalue weighted by Gasteiger charge is -2.38. The maximum atomic E-state index is 13.6. The number of hydrogen-bond acceptors (Lipinski definition) is 3. The first-order chi connectivity index (χ1) is 13.2. The molecule has 6 rings (SSSR count). The topological polar surface area (TPSA) is 36.4 Å². The zero-order valence-electron chi connectivity index (χ0n) is 15.8. The van der Waals surface area contributed by atoms with Gasteiger partial charge in [-0.3, -0.25) is 14.7 Å². The largest absolute Gasteiger partial charge is 0.337 e. The Bertz CT molecular complexity index is 803. The van der Waals surface area contributed by atoms with Crippen molar-refractivity contribution >= 4 is 5.91 Å². The van der Waals surface area contributed by atoms with Crippen LogP contribution in [0, 0.1) is 5.92 Å². The number of carbonyl (C=O) groups excluding carboxylic acids is 1. The van der Waals surface area contributed by atoms with E-state index in [1.54, 1.807) is 0 Å². The first-order valence-electron chi connectivity index (χ1n) is 10.2. The monoisotopic (exact) mass is 361 g/mol. The third kappa shape index (κ3) is 3.16. The Balaban J connectivity index is 1.34. The maximum Gasteiger partial charge on any atom is 0.233 e. The molecule has 2 aromatic rings. The van der Waals surface area contributed by atoms with Gasteiger partial charge in [0, 0.05) is 44.6 Å². The van der Waals surface area contributed by atoms with E-state index in [-0.39, 0.29) is 5.41 Å². The first-order valence-corrected chi connectivity index (χ1v) is 10.2. The third-order valence-corrected chi connectivity index (χ3v) is 6.66. The minimum absolute atomic E-state index is 0.236. The van der Waals surface area contributed by atoms with Crippen molar-refractivity contribution in [2.24, 2.45) is 5.92 Å². The van der Waals surface area contributed by atoms with Gasteiger partial charge in [-0.2, -0.15) is 0 Å². The number of carbonyl (C=O) groups is 1. The second-order valence-electron chi connectivity index (χ2n) is 8.56. The van der Waals surface area contributed by atoms with Gasteiger partial charge in [-0.15, -0.1) is 0 Å². The van der Waals surface area contributed by atoms with Crippen LogP contribution in [0.5, 0.6) is 0 Å². The minimum Gasteiger partial charge on any atom is -0.337 e. The molecule has 0 unspecified atom stereocenters. The Morgan fingerprint density at radius 2 is 1.89 bits per heavy atom. The molecule has 4 heteroatoms. The van der Waals surface area contributed by atoms with Crippen molar-refractivity contribution < 1.29 is 4.79 Å². The molecule has 2 bridgehead atoms. The SMILES string of the molecule is O=C(N1C[C@H]2CC[C@@H]1CN(Cc1cccnc1)C2)C1(c2ccccc2)CC1. The predicted octanol–water partition coefficient (Wildman–Crippen LogP) is 3.24. The van der Waals surface area contributed by atoms with Crippen LogP contribution in [0.2, 0.25) is 0 Å². The van der Waals surface area contributed by atoms with E-state index in [2.05, 4.69) is 45.1 Å². The van der Waals surface area contributed by atoms with Crippen LogP contribution in [0.3, 0.4) is 0 Å². The lowest BCUT2D eigenvalue weighted by Crippen LogP contribution is -2.51. The number of aromatic nitrogens is 1. The number of piperidine rings is 1. The fourth-order valence-electron chi connectivity index (χ4n) is 5.09. The van der Waals surface area contributed by atoms with Gasteiger partial charge in [0.1, 0.15) is 0 Å². The first kappa shape index (κ1) is 16.9. The van der Waals surface area contributed by atoms with Crippen LogP contribution in [0.25, 0.3) is 0 Å². The van der Waals surface area contributed by atoms with Crippen molar-refractivity contribution in [3.63, 3.8) is 0 Å². The number of nitrogens with zero attached hydrogens (tertiary/aromatic N) is 3. The molecule has 2 atom stereocenters. The van der Waals surface area contributed by atoms with Gasteiger partial charge in [0.15, 0.2) is 0 Å². The summed E-state index contributed by atoms with van der Waals surface area (Å²) < 4.78 is 0. The zero-order chi connectivity index (χ0) is 18.3. The summed E-state index contributed by atoms with van der Waals surface area (Å²) in [6.45, 7) is 3.95. The second kappa shape index (κ2) is 6.75. The van der Waals surface area contributed by atoms with Crippen molar-refractivity contribution in [2.45, 2.75) is 43.7 Å². The molecular formula is C23H27N3O. The summed E-state index contributed by atoms with van der Waals surface area (Å²) in [7, 11) is 0. The fraction of sp³-hybridized carbons (Fsp3) is 0.478. The summed E-state index contributed by atoms with van der Waals surface area (Å²) >= 11 is 0. The van der Waals surface area contributed by atoms with Crippen molar-refractivity contribution in [1.29, 1.82) is 0 Å². The van der Waals surface area contributed by atoms with E-state index in [4.69, 9.17) is 0 Å². The van der Waals surface area contributed by atoms with Crippen molar-refractivity contribution in [1.82, 2.24) is 14.8 Å². The van der Waals surface area contributed by atoms with Gasteiger partial charge in [0.05, 0.1) is 5.41 Å². The van der Waals surface area contributed by atoms with Crippen LogP contribution in [0.1, 0.15) is 36.8 Å². The van der Waals surface area contributed by atoms with Crippen LogP contribution in [-0.4, -0.2) is 46.4 Å². The van der Waals surface area contributed by atoms with Crippen LogP contribution in [0.15, 0.2) is 54.9 Å². The minimum atomic E-state index is -0.236. The molecule has 1 aromatic carbocycles. The summed E-state index contributed by atoms with van der Waals surface area (Å²) in [6.07, 6.45) is 8.19. The molecule has 3 saturated heterocycles. The molecule has 1 saturated carbocycles. The molecular weight excluding hydrogens is 334 g/mol. The molecule has 4 aliphatic rings. The van der Waals surface area contributed by atoms with E-state index in [0.29, 0.717) is 17.9 Å². The Kier molecular flexibility index (Phi) is 4.24. The highest BCUT2D eigenvalue weighted by Crippen LogP contribution is 2.50. The summed E-state index contributed by atoms with van der Waals surface area (Å²) in [4.78, 5) is 22.6. The smallest absolute Gasteiger partial charge is 0.233 e. The molecule has 4 nitrogen and oxygen atoms in total. The Labute approximate surface area is 161 Å². The van der Waals surface area contributed by atoms with Crippen LogP contribution in [-0.2, 0) is 16.8 Å². The highest BCUT2D eigenvalue weighted by atomic mass is 16.2. The number of rotatable bonds is 4. The van der Waals surface area contributed by atoms with Gasteiger partial charge >= 0.3 is 0 Å². The molecule has 1 amide bonds. The summed E-state index contributed by atoms with van der Waals surface area (Å²) in [5.74, 6) is 0.975. The third-order valence-electron chi connectivity index (χ3n) is 6.66. The van der Waals surface area contributed by atoms with Crippen LogP contribution in [0.4, 0.5) is 0 Å². The van der Waals surface area contributed by atoms with E-state index in [1.165, 1.54) is 17.5 Å². The van der Waals surface area contributed by atoms with E-state index < -0.39 is 0 Å². The second-order valence-corrected chi connectivity index (χ2v) is 8.56. The fourth-order valence-corrected chi connectivity index (χ4v) is 5.09. The van der Waals surface area contributed by atoms with Gasteiger partial charge in [0.25, 0.3) is 0 Å². The van der Waals surface area contributed by atoms with Gasteiger partial charge in [-0.25, -0.2) is 0 Å². The standard InChI is InChI=1S/C23H27N3O/c27-22(23(10-11-23)20-6-2-1-3-7-20)26-16-19-8-9-21(26)17-25(15-19)14-18-5-4-12-24-13-18/h1-7,12-13,19,21H,8-11,14-17H2/t19-,21+/m0/s1. The molecule has 0 radical (unpaired) electrons. The average molecular weight is 361 g/mol. The maximum absolute atomic E-state index is 13.6. The zero-order valence-corrected chi connectivity index (χ0v) is 15.8. The van der Waals surface area contributed by atoms with E-state index >= 15 is 0 Å². The highest BCUT2D eigenvalue weighted by molar-refractivity contribution is 5.91.